The molecule has 0 saturated carbocycles. The molecule has 2 atom stereocenters. The van der Waals surface area contributed by atoms with E-state index in [-0.39, 0.29) is 12.6 Å². The van der Waals surface area contributed by atoms with Crippen LogP contribution in [0.2, 0.25) is 5.02 Å². The molecule has 178 valence electrons. The van der Waals surface area contributed by atoms with Crippen molar-refractivity contribution in [1.29, 1.82) is 0 Å². The van der Waals surface area contributed by atoms with E-state index in [0.717, 1.165) is 16.8 Å². The minimum atomic E-state index is -0.927. The highest BCUT2D eigenvalue weighted by molar-refractivity contribution is 6.30. The molecule has 1 amide bonds. The largest absolute Gasteiger partial charge is 0.444 e. The third kappa shape index (κ3) is 7.11. The van der Waals surface area contributed by atoms with Gasteiger partial charge in [-0.3, -0.25) is 0 Å². The van der Waals surface area contributed by atoms with Crippen molar-refractivity contribution < 1.29 is 14.6 Å². The van der Waals surface area contributed by atoms with Gasteiger partial charge >= 0.3 is 6.09 Å². The van der Waals surface area contributed by atoms with Crippen LogP contribution in [0.1, 0.15) is 55.2 Å². The highest BCUT2D eigenvalue weighted by atomic mass is 35.5. The molecule has 3 aromatic rings. The Labute approximate surface area is 206 Å². The maximum Gasteiger partial charge on any atom is 0.407 e. The first kappa shape index (κ1) is 25.3. The van der Waals surface area contributed by atoms with Gasteiger partial charge < -0.3 is 20.5 Å². The van der Waals surface area contributed by atoms with Gasteiger partial charge in [-0.05, 0) is 55.7 Å². The molecule has 0 aliphatic carbocycles. The van der Waals surface area contributed by atoms with Crippen molar-refractivity contribution in [1.82, 2.24) is 5.32 Å². The topological polar surface area (TPSA) is 70.6 Å². The highest BCUT2D eigenvalue weighted by Crippen LogP contribution is 2.33. The van der Waals surface area contributed by atoms with Crippen LogP contribution in [0.5, 0.6) is 0 Å². The van der Waals surface area contributed by atoms with E-state index in [2.05, 4.69) is 17.2 Å². The Hall–Kier alpha value is -3.28. The zero-order valence-corrected chi connectivity index (χ0v) is 20.5. The van der Waals surface area contributed by atoms with Crippen LogP contribution >= 0.6 is 11.6 Å². The summed E-state index contributed by atoms with van der Waals surface area (Å²) in [6.07, 6.45) is 0.406. The van der Waals surface area contributed by atoms with Crippen LogP contribution in [-0.4, -0.2) is 16.8 Å². The van der Waals surface area contributed by atoms with E-state index in [1.807, 2.05) is 87.5 Å². The van der Waals surface area contributed by atoms with E-state index in [0.29, 0.717) is 16.1 Å². The number of alkyl carbamates (subject to hydrolysis) is 1. The van der Waals surface area contributed by atoms with Crippen molar-refractivity contribution >= 4 is 23.4 Å². The molecule has 3 aromatic carbocycles. The summed E-state index contributed by atoms with van der Waals surface area (Å²) in [4.78, 5) is 12.0. The maximum absolute atomic E-state index is 12.0. The fraction of sp³-hybridized carbons (Fsp3) is 0.250. The molecule has 0 aliphatic rings. The number of halogens is 1. The Morgan fingerprint density at radius 2 is 1.76 bits per heavy atom. The number of rotatable bonds is 8. The number of nitrogens with one attached hydrogen (secondary N) is 2. The third-order valence-corrected chi connectivity index (χ3v) is 5.35. The van der Waals surface area contributed by atoms with Crippen LogP contribution in [0, 0.1) is 0 Å². The predicted molar refractivity (Wildman–Crippen MR) is 138 cm³/mol. The molecule has 0 aromatic heterocycles. The van der Waals surface area contributed by atoms with Crippen LogP contribution in [0.25, 0.3) is 0 Å². The van der Waals surface area contributed by atoms with Gasteiger partial charge in [-0.15, -0.1) is 6.58 Å². The zero-order chi connectivity index (χ0) is 24.7. The van der Waals surface area contributed by atoms with E-state index in [1.54, 1.807) is 12.1 Å². The number of aliphatic hydroxyl groups excluding tert-OH is 1. The lowest BCUT2D eigenvalue weighted by molar-refractivity contribution is 0.0523. The molecule has 34 heavy (non-hydrogen) atoms. The van der Waals surface area contributed by atoms with Crippen molar-refractivity contribution in [2.75, 3.05) is 5.32 Å². The number of carbonyl (C=O) groups is 1. The average molecular weight is 479 g/mol. The molecule has 0 radical (unpaired) electrons. The summed E-state index contributed by atoms with van der Waals surface area (Å²) >= 11 is 6.28. The van der Waals surface area contributed by atoms with Crippen molar-refractivity contribution in [3.63, 3.8) is 0 Å². The van der Waals surface area contributed by atoms with Crippen LogP contribution < -0.4 is 10.6 Å². The Balaban J connectivity index is 1.81. The summed E-state index contributed by atoms with van der Waals surface area (Å²) in [7, 11) is 0. The minimum absolute atomic E-state index is 0.141. The lowest BCUT2D eigenvalue weighted by atomic mass is 9.97. The second-order valence-electron chi connectivity index (χ2n) is 9.00. The van der Waals surface area contributed by atoms with Gasteiger partial charge in [0, 0.05) is 22.8 Å². The Kier molecular flexibility index (Phi) is 8.37. The molecule has 5 nitrogen and oxygen atoms in total. The van der Waals surface area contributed by atoms with E-state index >= 15 is 0 Å². The van der Waals surface area contributed by atoms with E-state index in [1.165, 1.54) is 0 Å². The van der Waals surface area contributed by atoms with Gasteiger partial charge in [-0.1, -0.05) is 72.3 Å². The molecule has 2 unspecified atom stereocenters. The van der Waals surface area contributed by atoms with Gasteiger partial charge in [0.25, 0.3) is 0 Å². The quantitative estimate of drug-likeness (QED) is 0.312. The number of hydrogen-bond donors (Lipinski definition) is 3. The molecule has 0 heterocycles. The zero-order valence-electron chi connectivity index (χ0n) is 19.7. The monoisotopic (exact) mass is 478 g/mol. The summed E-state index contributed by atoms with van der Waals surface area (Å²) in [5.74, 6) is 0. The Morgan fingerprint density at radius 1 is 1.06 bits per heavy atom. The molecular weight excluding hydrogens is 448 g/mol. The van der Waals surface area contributed by atoms with Gasteiger partial charge in [0.1, 0.15) is 11.7 Å². The number of anilines is 1. The standard InChI is InChI=1S/C28H31ClN2O3/c1-5-24(20-11-7-6-8-12-20)31-25-15-14-22(29)17-23(25)26(32)21-13-9-10-19(16-21)18-30-27(33)34-28(2,3)4/h5-17,24,26,31-32H,1,18H2,2-4H3,(H,30,33). The molecule has 0 saturated heterocycles. The third-order valence-electron chi connectivity index (χ3n) is 5.12. The van der Waals surface area contributed by atoms with E-state index in [9.17, 15) is 9.90 Å². The van der Waals surface area contributed by atoms with Crippen LogP contribution in [0.3, 0.4) is 0 Å². The number of hydrogen-bond acceptors (Lipinski definition) is 4. The molecule has 6 heteroatoms. The van der Waals surface area contributed by atoms with Crippen LogP contribution in [-0.2, 0) is 11.3 Å². The van der Waals surface area contributed by atoms with Gasteiger partial charge in [-0.2, -0.15) is 0 Å². The molecule has 0 spiro atoms. The highest BCUT2D eigenvalue weighted by Gasteiger charge is 2.19. The second-order valence-corrected chi connectivity index (χ2v) is 9.44. The van der Waals surface area contributed by atoms with Gasteiger partial charge in [0.15, 0.2) is 0 Å². The lowest BCUT2D eigenvalue weighted by Crippen LogP contribution is -2.32. The molecule has 3 rings (SSSR count). The van der Waals surface area contributed by atoms with Gasteiger partial charge in [0.2, 0.25) is 0 Å². The Bertz CT molecular complexity index is 1130. The van der Waals surface area contributed by atoms with Crippen molar-refractivity contribution in [3.8, 4) is 0 Å². The summed E-state index contributed by atoms with van der Waals surface area (Å²) < 4.78 is 5.29. The minimum Gasteiger partial charge on any atom is -0.444 e. The smallest absolute Gasteiger partial charge is 0.407 e. The fourth-order valence-electron chi connectivity index (χ4n) is 3.54. The number of ether oxygens (including phenoxy) is 1. The number of benzene rings is 3. The summed E-state index contributed by atoms with van der Waals surface area (Å²) in [6, 6.07) is 22.6. The van der Waals surface area contributed by atoms with E-state index < -0.39 is 17.8 Å². The van der Waals surface area contributed by atoms with Crippen molar-refractivity contribution in [2.45, 2.75) is 45.1 Å². The molecular formula is C28H31ClN2O3. The normalized spacial score (nSPS) is 13.0. The van der Waals surface area contributed by atoms with Crippen LogP contribution in [0.4, 0.5) is 10.5 Å². The molecule has 3 N–H and O–H groups in total. The molecule has 0 aliphatic heterocycles. The first-order valence-electron chi connectivity index (χ1n) is 11.1. The van der Waals surface area contributed by atoms with Crippen molar-refractivity contribution in [2.24, 2.45) is 0 Å². The summed E-state index contributed by atoms with van der Waals surface area (Å²) in [5, 5.41) is 18.0. The van der Waals surface area contributed by atoms with Gasteiger partial charge in [-0.25, -0.2) is 4.79 Å². The SMILES string of the molecule is C=CC(Nc1ccc(Cl)cc1C(O)c1cccc(CNC(=O)OC(C)(C)C)c1)c1ccccc1. The fourth-order valence-corrected chi connectivity index (χ4v) is 3.72. The Morgan fingerprint density at radius 3 is 2.44 bits per heavy atom. The average Bonchev–Trinajstić information content (AvgIpc) is 2.81. The first-order chi connectivity index (χ1) is 16.2. The number of amides is 1. The summed E-state index contributed by atoms with van der Waals surface area (Å²) in [6.45, 7) is 9.68. The molecule has 0 fully saturated rings. The van der Waals surface area contributed by atoms with Crippen molar-refractivity contribution in [3.05, 3.63) is 113 Å². The lowest BCUT2D eigenvalue weighted by Gasteiger charge is -2.22. The second kappa shape index (κ2) is 11.2. The van der Waals surface area contributed by atoms with Gasteiger partial charge in [0.05, 0.1) is 6.04 Å². The van der Waals surface area contributed by atoms with E-state index in [4.69, 9.17) is 16.3 Å². The number of carbonyl (C=O) groups excluding carboxylic acids is 1. The molecule has 0 bridgehead atoms. The first-order valence-corrected chi connectivity index (χ1v) is 11.5. The maximum atomic E-state index is 12.0. The van der Waals surface area contributed by atoms with Crippen LogP contribution in [0.15, 0.2) is 85.5 Å². The summed E-state index contributed by atoms with van der Waals surface area (Å²) in [5.41, 5.74) is 3.41. The predicted octanol–water partition coefficient (Wildman–Crippen LogP) is 6.79. The number of aliphatic hydroxyl groups is 1.